The van der Waals surface area contributed by atoms with Crippen molar-refractivity contribution in [3.05, 3.63) is 65.2 Å². The fraction of sp³-hybridized carbons (Fsp3) is 0.211. The van der Waals surface area contributed by atoms with Gasteiger partial charge in [0.25, 0.3) is 0 Å². The Morgan fingerprint density at radius 3 is 2.56 bits per heavy atom. The lowest BCUT2D eigenvalue weighted by Gasteiger charge is -2.07. The molecular weight excluding hydrogens is 350 g/mol. The number of benzene rings is 2. The number of ketones is 1. The molecule has 2 aromatic carbocycles. The van der Waals surface area contributed by atoms with Crippen molar-refractivity contribution in [3.63, 3.8) is 0 Å². The van der Waals surface area contributed by atoms with Crippen molar-refractivity contribution in [1.82, 2.24) is 10.2 Å². The van der Waals surface area contributed by atoms with Crippen molar-refractivity contribution in [2.45, 2.75) is 30.4 Å². The summed E-state index contributed by atoms with van der Waals surface area (Å²) >= 11 is 2.89. The molecule has 25 heavy (non-hydrogen) atoms. The third-order valence-electron chi connectivity index (χ3n) is 3.87. The summed E-state index contributed by atoms with van der Waals surface area (Å²) < 4.78 is 0.781. The molecule has 0 aliphatic heterocycles. The van der Waals surface area contributed by atoms with Crippen LogP contribution >= 0.6 is 23.1 Å². The third-order valence-corrected chi connectivity index (χ3v) is 5.89. The molecule has 0 aliphatic rings. The SMILES string of the molecule is Cc1ccc(Nc2nnc(S[C@H](C)C(=O)c3ccccc3)s2)cc1C. The van der Waals surface area contributed by atoms with Crippen molar-refractivity contribution in [2.24, 2.45) is 0 Å². The summed E-state index contributed by atoms with van der Waals surface area (Å²) in [4.78, 5) is 12.4. The van der Waals surface area contributed by atoms with E-state index in [2.05, 4.69) is 41.5 Å². The number of anilines is 2. The zero-order valence-electron chi connectivity index (χ0n) is 14.3. The molecule has 6 heteroatoms. The van der Waals surface area contributed by atoms with Crippen LogP contribution in [0.2, 0.25) is 0 Å². The van der Waals surface area contributed by atoms with Crippen molar-refractivity contribution >= 4 is 39.7 Å². The predicted molar refractivity (Wildman–Crippen MR) is 105 cm³/mol. The van der Waals surface area contributed by atoms with Gasteiger partial charge in [-0.05, 0) is 44.0 Å². The van der Waals surface area contributed by atoms with E-state index in [9.17, 15) is 4.79 Å². The second-order valence-corrected chi connectivity index (χ2v) is 8.35. The molecule has 0 bridgehead atoms. The van der Waals surface area contributed by atoms with Gasteiger partial charge < -0.3 is 5.32 Å². The molecule has 4 nitrogen and oxygen atoms in total. The largest absolute Gasteiger partial charge is 0.330 e. The minimum atomic E-state index is -0.204. The van der Waals surface area contributed by atoms with Gasteiger partial charge in [-0.3, -0.25) is 4.79 Å². The van der Waals surface area contributed by atoms with E-state index in [-0.39, 0.29) is 11.0 Å². The number of nitrogens with zero attached hydrogens (tertiary/aromatic N) is 2. The van der Waals surface area contributed by atoms with Crippen molar-refractivity contribution in [1.29, 1.82) is 0 Å². The van der Waals surface area contributed by atoms with Crippen LogP contribution < -0.4 is 5.32 Å². The number of carbonyl (C=O) groups is 1. The first-order chi connectivity index (χ1) is 12.0. The van der Waals surface area contributed by atoms with E-state index >= 15 is 0 Å². The highest BCUT2D eigenvalue weighted by Crippen LogP contribution is 2.31. The first kappa shape index (κ1) is 17.6. The molecule has 1 heterocycles. The molecule has 0 saturated heterocycles. The Morgan fingerprint density at radius 1 is 1.08 bits per heavy atom. The highest BCUT2D eigenvalue weighted by Gasteiger charge is 2.18. The predicted octanol–water partition coefficient (Wildman–Crippen LogP) is 5.26. The van der Waals surface area contributed by atoms with E-state index in [1.165, 1.54) is 34.2 Å². The molecule has 3 aromatic rings. The maximum absolute atomic E-state index is 12.4. The van der Waals surface area contributed by atoms with Gasteiger partial charge in [-0.15, -0.1) is 10.2 Å². The van der Waals surface area contributed by atoms with Crippen LogP contribution in [-0.2, 0) is 0 Å². The molecular formula is C19H19N3OS2. The Balaban J connectivity index is 1.65. The summed E-state index contributed by atoms with van der Waals surface area (Å²) in [5, 5.41) is 12.2. The maximum Gasteiger partial charge on any atom is 0.210 e. The van der Waals surface area contributed by atoms with E-state index in [0.717, 1.165) is 20.7 Å². The van der Waals surface area contributed by atoms with Gasteiger partial charge in [0, 0.05) is 11.3 Å². The molecule has 0 saturated carbocycles. The number of carbonyl (C=O) groups excluding carboxylic acids is 1. The maximum atomic E-state index is 12.4. The van der Waals surface area contributed by atoms with Gasteiger partial charge in [0.05, 0.1) is 5.25 Å². The number of hydrogen-bond acceptors (Lipinski definition) is 6. The molecule has 0 spiro atoms. The minimum absolute atomic E-state index is 0.101. The summed E-state index contributed by atoms with van der Waals surface area (Å²) in [6.45, 7) is 6.07. The average molecular weight is 370 g/mol. The Labute approximate surface area is 155 Å². The second-order valence-electron chi connectivity index (χ2n) is 5.79. The fourth-order valence-electron chi connectivity index (χ4n) is 2.29. The number of thioether (sulfide) groups is 1. The Bertz CT molecular complexity index is 877. The number of rotatable bonds is 6. The monoisotopic (exact) mass is 369 g/mol. The smallest absolute Gasteiger partial charge is 0.210 e. The van der Waals surface area contributed by atoms with Crippen LogP contribution in [0.25, 0.3) is 0 Å². The first-order valence-electron chi connectivity index (χ1n) is 7.96. The Morgan fingerprint density at radius 2 is 1.84 bits per heavy atom. The molecule has 0 radical (unpaired) electrons. The quantitative estimate of drug-likeness (QED) is 0.474. The van der Waals surface area contributed by atoms with E-state index < -0.39 is 0 Å². The standard InChI is InChI=1S/C19H19N3OS2/c1-12-9-10-16(11-13(12)2)20-18-21-22-19(25-18)24-14(3)17(23)15-7-5-4-6-8-15/h4-11,14H,1-3H3,(H,20,21)/t14-/m1/s1. The lowest BCUT2D eigenvalue weighted by Crippen LogP contribution is -2.13. The number of hydrogen-bond donors (Lipinski definition) is 1. The summed E-state index contributed by atoms with van der Waals surface area (Å²) in [5.41, 5.74) is 4.20. The van der Waals surface area contributed by atoms with Crippen LogP contribution in [0, 0.1) is 13.8 Å². The second kappa shape index (κ2) is 7.80. The van der Waals surface area contributed by atoms with Crippen molar-refractivity contribution in [3.8, 4) is 0 Å². The number of aryl methyl sites for hydroxylation is 2. The van der Waals surface area contributed by atoms with E-state index in [1.807, 2.05) is 43.3 Å². The molecule has 0 fully saturated rings. The van der Waals surface area contributed by atoms with E-state index in [1.54, 1.807) is 0 Å². The van der Waals surface area contributed by atoms with Crippen LogP contribution in [0.5, 0.6) is 0 Å². The van der Waals surface area contributed by atoms with E-state index in [4.69, 9.17) is 0 Å². The van der Waals surface area contributed by atoms with Gasteiger partial charge >= 0.3 is 0 Å². The topological polar surface area (TPSA) is 54.9 Å². The fourth-order valence-corrected chi connectivity index (χ4v) is 4.29. The van der Waals surface area contributed by atoms with Crippen LogP contribution in [0.15, 0.2) is 52.9 Å². The zero-order chi connectivity index (χ0) is 17.8. The average Bonchev–Trinajstić information content (AvgIpc) is 3.05. The zero-order valence-corrected chi connectivity index (χ0v) is 15.9. The highest BCUT2D eigenvalue weighted by atomic mass is 32.2. The number of nitrogens with one attached hydrogen (secondary N) is 1. The molecule has 0 amide bonds. The summed E-state index contributed by atoms with van der Waals surface area (Å²) in [6.07, 6.45) is 0. The van der Waals surface area contributed by atoms with Gasteiger partial charge in [-0.25, -0.2) is 0 Å². The number of Topliss-reactive ketones (excluding diaryl/α,β-unsaturated/α-hetero) is 1. The summed E-state index contributed by atoms with van der Waals surface area (Å²) in [6, 6.07) is 15.5. The highest BCUT2D eigenvalue weighted by molar-refractivity contribution is 8.02. The van der Waals surface area contributed by atoms with E-state index in [0.29, 0.717) is 0 Å². The molecule has 1 N–H and O–H groups in total. The molecule has 3 rings (SSSR count). The van der Waals surface area contributed by atoms with Gasteiger partial charge in [-0.2, -0.15) is 0 Å². The summed E-state index contributed by atoms with van der Waals surface area (Å²) in [5.74, 6) is 0.101. The van der Waals surface area contributed by atoms with Gasteiger partial charge in [0.15, 0.2) is 10.1 Å². The molecule has 128 valence electrons. The molecule has 1 aromatic heterocycles. The van der Waals surface area contributed by atoms with Crippen LogP contribution in [0.3, 0.4) is 0 Å². The van der Waals surface area contributed by atoms with Gasteiger partial charge in [0.2, 0.25) is 5.13 Å². The Kier molecular flexibility index (Phi) is 5.50. The summed E-state index contributed by atoms with van der Waals surface area (Å²) in [7, 11) is 0. The van der Waals surface area contributed by atoms with Crippen molar-refractivity contribution in [2.75, 3.05) is 5.32 Å². The van der Waals surface area contributed by atoms with Crippen LogP contribution in [-0.4, -0.2) is 21.2 Å². The lowest BCUT2D eigenvalue weighted by atomic mass is 10.1. The normalized spacial score (nSPS) is 12.0. The van der Waals surface area contributed by atoms with Crippen LogP contribution in [0.1, 0.15) is 28.4 Å². The van der Waals surface area contributed by atoms with Gasteiger partial charge in [0.1, 0.15) is 0 Å². The Hall–Kier alpha value is -2.18. The first-order valence-corrected chi connectivity index (χ1v) is 9.66. The van der Waals surface area contributed by atoms with Gasteiger partial charge in [-0.1, -0.05) is 59.5 Å². The minimum Gasteiger partial charge on any atom is -0.330 e. The molecule has 1 atom stereocenters. The third kappa shape index (κ3) is 4.46. The van der Waals surface area contributed by atoms with Crippen LogP contribution in [0.4, 0.5) is 10.8 Å². The van der Waals surface area contributed by atoms with Crippen molar-refractivity contribution < 1.29 is 4.79 Å². The molecule has 0 unspecified atom stereocenters. The lowest BCUT2D eigenvalue weighted by molar-refractivity contribution is 0.0994. The number of aromatic nitrogens is 2. The molecule has 0 aliphatic carbocycles.